The Hall–Kier alpha value is -3.88. The molecule has 0 aliphatic carbocycles. The highest BCUT2D eigenvalue weighted by Gasteiger charge is 2.23. The van der Waals surface area contributed by atoms with Gasteiger partial charge in [-0.1, -0.05) is 33.8 Å². The number of carbonyl (C=O) groups is 2. The number of methoxy groups -OCH3 is 1. The Morgan fingerprint density at radius 2 is 1.80 bits per heavy atom. The van der Waals surface area contributed by atoms with Gasteiger partial charge in [0.15, 0.2) is 0 Å². The van der Waals surface area contributed by atoms with E-state index in [0.717, 1.165) is 11.4 Å². The summed E-state index contributed by atoms with van der Waals surface area (Å²) in [5.74, 6) is 0.376. The number of amides is 3. The van der Waals surface area contributed by atoms with Crippen LogP contribution in [0.25, 0.3) is 5.69 Å². The van der Waals surface area contributed by atoms with Crippen molar-refractivity contribution >= 4 is 23.4 Å². The number of benzene rings is 2. The standard InChI is InChI=1S/C26H32FN5O3/c1-6-14-31(25(34)28-19-9-7-8-18(27)15-19)17-24(33)29-23-16-22(26(2,3)4)30-32(23)20-10-12-21(35-5)13-11-20/h7-13,15-16H,6,14,17H2,1-5H3,(H,28,34)(H,29,33). The molecule has 3 aromatic rings. The van der Waals surface area contributed by atoms with Crippen LogP contribution in [-0.4, -0.2) is 46.8 Å². The molecule has 1 heterocycles. The Bertz CT molecular complexity index is 1170. The number of rotatable bonds is 8. The van der Waals surface area contributed by atoms with Crippen LogP contribution in [0.5, 0.6) is 5.75 Å². The maximum atomic E-state index is 13.5. The van der Waals surface area contributed by atoms with Crippen LogP contribution in [0.2, 0.25) is 0 Å². The molecule has 0 fully saturated rings. The highest BCUT2D eigenvalue weighted by molar-refractivity contribution is 5.96. The van der Waals surface area contributed by atoms with Crippen LogP contribution in [0.3, 0.4) is 0 Å². The van der Waals surface area contributed by atoms with E-state index in [1.165, 1.54) is 23.1 Å². The van der Waals surface area contributed by atoms with Gasteiger partial charge in [-0.3, -0.25) is 4.79 Å². The molecule has 0 unspecified atom stereocenters. The number of hydrogen-bond donors (Lipinski definition) is 2. The predicted molar refractivity (Wildman–Crippen MR) is 135 cm³/mol. The molecule has 0 aliphatic heterocycles. The average Bonchev–Trinajstić information content (AvgIpc) is 3.23. The van der Waals surface area contributed by atoms with E-state index in [9.17, 15) is 14.0 Å². The van der Waals surface area contributed by atoms with Gasteiger partial charge in [0.05, 0.1) is 18.5 Å². The van der Waals surface area contributed by atoms with Crippen molar-refractivity contribution < 1.29 is 18.7 Å². The first-order valence-corrected chi connectivity index (χ1v) is 11.5. The SMILES string of the molecule is CCCN(CC(=O)Nc1cc(C(C)(C)C)nn1-c1ccc(OC)cc1)C(=O)Nc1cccc(F)c1. The van der Waals surface area contributed by atoms with Crippen LogP contribution in [0.4, 0.5) is 20.7 Å². The first-order valence-electron chi connectivity index (χ1n) is 11.5. The molecule has 0 saturated carbocycles. The third-order valence-electron chi connectivity index (χ3n) is 5.25. The van der Waals surface area contributed by atoms with E-state index >= 15 is 0 Å². The summed E-state index contributed by atoms with van der Waals surface area (Å²) in [5, 5.41) is 10.2. The van der Waals surface area contributed by atoms with Crippen LogP contribution in [0.15, 0.2) is 54.6 Å². The van der Waals surface area contributed by atoms with E-state index in [4.69, 9.17) is 9.84 Å². The number of anilines is 2. The Labute approximate surface area is 205 Å². The minimum atomic E-state index is -0.480. The van der Waals surface area contributed by atoms with Crippen molar-refractivity contribution in [3.8, 4) is 11.4 Å². The zero-order valence-corrected chi connectivity index (χ0v) is 20.8. The van der Waals surface area contributed by atoms with Crippen molar-refractivity contribution in [2.24, 2.45) is 0 Å². The molecule has 3 rings (SSSR count). The second-order valence-electron chi connectivity index (χ2n) is 9.18. The van der Waals surface area contributed by atoms with Crippen molar-refractivity contribution in [3.63, 3.8) is 0 Å². The maximum Gasteiger partial charge on any atom is 0.322 e. The number of halogens is 1. The summed E-state index contributed by atoms with van der Waals surface area (Å²) in [7, 11) is 1.60. The molecule has 2 N–H and O–H groups in total. The summed E-state index contributed by atoms with van der Waals surface area (Å²) in [6.45, 7) is 8.22. The van der Waals surface area contributed by atoms with E-state index in [1.807, 2.05) is 58.0 Å². The second kappa shape index (κ2) is 11.0. The maximum absolute atomic E-state index is 13.5. The zero-order valence-electron chi connectivity index (χ0n) is 20.8. The van der Waals surface area contributed by atoms with Gasteiger partial charge < -0.3 is 20.3 Å². The Kier molecular flexibility index (Phi) is 8.11. The molecular weight excluding hydrogens is 449 g/mol. The molecule has 9 heteroatoms. The van der Waals surface area contributed by atoms with Gasteiger partial charge in [-0.25, -0.2) is 13.9 Å². The molecule has 1 aromatic heterocycles. The fourth-order valence-electron chi connectivity index (χ4n) is 3.40. The molecule has 2 aromatic carbocycles. The van der Waals surface area contributed by atoms with Gasteiger partial charge in [-0.05, 0) is 48.9 Å². The molecule has 8 nitrogen and oxygen atoms in total. The Morgan fingerprint density at radius 1 is 1.09 bits per heavy atom. The summed E-state index contributed by atoms with van der Waals surface area (Å²) in [6, 6.07) is 14.3. The van der Waals surface area contributed by atoms with Gasteiger partial charge in [0.2, 0.25) is 5.91 Å². The number of nitrogens with zero attached hydrogens (tertiary/aromatic N) is 3. The molecule has 0 spiro atoms. The van der Waals surface area contributed by atoms with Crippen molar-refractivity contribution in [1.82, 2.24) is 14.7 Å². The van der Waals surface area contributed by atoms with Gasteiger partial charge >= 0.3 is 6.03 Å². The highest BCUT2D eigenvalue weighted by Crippen LogP contribution is 2.27. The van der Waals surface area contributed by atoms with Gasteiger partial charge in [0.25, 0.3) is 0 Å². The van der Waals surface area contributed by atoms with Gasteiger partial charge in [-0.2, -0.15) is 5.10 Å². The molecule has 0 bridgehead atoms. The third-order valence-corrected chi connectivity index (χ3v) is 5.25. The number of nitrogens with one attached hydrogen (secondary N) is 2. The van der Waals surface area contributed by atoms with Crippen LogP contribution in [0, 0.1) is 5.82 Å². The van der Waals surface area contributed by atoms with Crippen LogP contribution in [-0.2, 0) is 10.2 Å². The first kappa shape index (κ1) is 25.7. The topological polar surface area (TPSA) is 88.5 Å². The summed E-state index contributed by atoms with van der Waals surface area (Å²) in [4.78, 5) is 27.2. The summed E-state index contributed by atoms with van der Waals surface area (Å²) in [6.07, 6.45) is 0.655. The minimum Gasteiger partial charge on any atom is -0.497 e. The lowest BCUT2D eigenvalue weighted by molar-refractivity contribution is -0.116. The molecule has 0 atom stereocenters. The lowest BCUT2D eigenvalue weighted by Gasteiger charge is -2.22. The van der Waals surface area contributed by atoms with Crippen molar-refractivity contribution in [1.29, 1.82) is 0 Å². The molecule has 0 radical (unpaired) electrons. The fraction of sp³-hybridized carbons (Fsp3) is 0.346. The fourth-order valence-corrected chi connectivity index (χ4v) is 3.40. The molecular formula is C26H32FN5O3. The smallest absolute Gasteiger partial charge is 0.322 e. The normalized spacial score (nSPS) is 11.1. The van der Waals surface area contributed by atoms with Gasteiger partial charge in [0, 0.05) is 23.7 Å². The van der Waals surface area contributed by atoms with Crippen molar-refractivity contribution in [2.75, 3.05) is 30.8 Å². The third kappa shape index (κ3) is 6.81. The monoisotopic (exact) mass is 481 g/mol. The zero-order chi connectivity index (χ0) is 25.6. The number of urea groups is 1. The molecule has 186 valence electrons. The van der Waals surface area contributed by atoms with E-state index in [-0.39, 0.29) is 17.9 Å². The van der Waals surface area contributed by atoms with Crippen LogP contribution >= 0.6 is 0 Å². The molecule has 35 heavy (non-hydrogen) atoms. The minimum absolute atomic E-state index is 0.173. The Balaban J connectivity index is 1.80. The van der Waals surface area contributed by atoms with Crippen LogP contribution in [0.1, 0.15) is 39.8 Å². The quantitative estimate of drug-likeness (QED) is 0.463. The lowest BCUT2D eigenvalue weighted by Crippen LogP contribution is -2.41. The van der Waals surface area contributed by atoms with Crippen molar-refractivity contribution in [2.45, 2.75) is 39.5 Å². The highest BCUT2D eigenvalue weighted by atomic mass is 19.1. The van der Waals surface area contributed by atoms with E-state index in [0.29, 0.717) is 30.2 Å². The number of aromatic nitrogens is 2. The lowest BCUT2D eigenvalue weighted by atomic mass is 9.92. The van der Waals surface area contributed by atoms with E-state index in [2.05, 4.69) is 10.6 Å². The first-order chi connectivity index (χ1) is 16.6. The average molecular weight is 482 g/mol. The number of ether oxygens (including phenoxy) is 1. The molecule has 0 aliphatic rings. The summed E-state index contributed by atoms with van der Waals surface area (Å²) >= 11 is 0. The van der Waals surface area contributed by atoms with Gasteiger partial charge in [-0.15, -0.1) is 0 Å². The summed E-state index contributed by atoms with van der Waals surface area (Å²) in [5.41, 5.74) is 1.64. The second-order valence-corrected chi connectivity index (χ2v) is 9.18. The number of hydrogen-bond acceptors (Lipinski definition) is 4. The van der Waals surface area contributed by atoms with Crippen LogP contribution < -0.4 is 15.4 Å². The number of carbonyl (C=O) groups excluding carboxylic acids is 2. The van der Waals surface area contributed by atoms with Gasteiger partial charge in [0.1, 0.15) is 23.9 Å². The molecule has 3 amide bonds. The Morgan fingerprint density at radius 3 is 2.40 bits per heavy atom. The predicted octanol–water partition coefficient (Wildman–Crippen LogP) is 5.20. The molecule has 0 saturated heterocycles. The van der Waals surface area contributed by atoms with E-state index < -0.39 is 11.8 Å². The van der Waals surface area contributed by atoms with E-state index in [1.54, 1.807) is 17.9 Å². The largest absolute Gasteiger partial charge is 0.497 e. The summed E-state index contributed by atoms with van der Waals surface area (Å²) < 4.78 is 20.4. The van der Waals surface area contributed by atoms with Crippen molar-refractivity contribution in [3.05, 3.63) is 66.1 Å².